The molecule has 5 nitrogen and oxygen atoms in total. The maximum atomic E-state index is 13.6. The minimum absolute atomic E-state index is 0.00104. The van der Waals surface area contributed by atoms with Crippen LogP contribution < -0.4 is 14.8 Å². The third kappa shape index (κ3) is 4.26. The van der Waals surface area contributed by atoms with E-state index >= 15 is 0 Å². The maximum absolute atomic E-state index is 13.6. The normalized spacial score (nSPS) is 23.3. The van der Waals surface area contributed by atoms with Crippen molar-refractivity contribution in [2.45, 2.75) is 63.7 Å². The van der Waals surface area contributed by atoms with Gasteiger partial charge in [0, 0.05) is 23.6 Å². The summed E-state index contributed by atoms with van der Waals surface area (Å²) in [5.41, 5.74) is 2.18. The summed E-state index contributed by atoms with van der Waals surface area (Å²) in [4.78, 5) is 15.8. The number of hydrogen-bond donors (Lipinski definition) is 1. The molecule has 0 radical (unpaired) electrons. The number of rotatable bonds is 5. The Morgan fingerprint density at radius 2 is 1.74 bits per heavy atom. The van der Waals surface area contributed by atoms with Gasteiger partial charge in [-0.15, -0.1) is 0 Å². The van der Waals surface area contributed by atoms with Gasteiger partial charge in [0.2, 0.25) is 12.7 Å². The van der Waals surface area contributed by atoms with Crippen LogP contribution in [0.5, 0.6) is 11.5 Å². The summed E-state index contributed by atoms with van der Waals surface area (Å²) < 4.78 is 10.9. The molecule has 0 aromatic heterocycles. The average molecular weight is 441 g/mol. The Bertz CT molecular complexity index is 930. The molecule has 31 heavy (non-hydrogen) atoms. The number of hydrogen-bond acceptors (Lipinski definition) is 4. The van der Waals surface area contributed by atoms with Crippen molar-refractivity contribution < 1.29 is 14.3 Å². The molecule has 0 spiro atoms. The highest BCUT2D eigenvalue weighted by atomic mass is 35.5. The molecular weight excluding hydrogens is 412 g/mol. The molecule has 0 bridgehead atoms. The van der Waals surface area contributed by atoms with Gasteiger partial charge in [0.1, 0.15) is 0 Å². The average Bonchev–Trinajstić information content (AvgIpc) is 3.44. The molecule has 2 unspecified atom stereocenters. The summed E-state index contributed by atoms with van der Waals surface area (Å²) in [7, 11) is 0. The second-order valence-electron chi connectivity index (χ2n) is 8.78. The molecule has 1 amide bonds. The van der Waals surface area contributed by atoms with Crippen molar-refractivity contribution in [1.29, 1.82) is 0 Å². The second kappa shape index (κ2) is 9.09. The Labute approximate surface area is 188 Å². The van der Waals surface area contributed by atoms with Crippen molar-refractivity contribution in [2.75, 3.05) is 6.79 Å². The number of carbonyl (C=O) groups is 1. The Kier molecular flexibility index (Phi) is 6.06. The zero-order valence-electron chi connectivity index (χ0n) is 17.7. The Morgan fingerprint density at radius 1 is 1.00 bits per heavy atom. The number of fused-ring (bicyclic) bond motifs is 1. The zero-order chi connectivity index (χ0) is 21.2. The standard InChI is InChI=1S/C25H29ClN2O3/c26-20-14-23-22(30-16-31-23)13-19(20)15-27-24-12-11-21(17-7-3-1-4-8-17)28(24)25(29)18-9-5-2-6-10-18/h1,3-4,7-8,13-14,18,21,24,27H,2,5-6,9-12,15-16H2. The molecule has 6 heteroatoms. The SMILES string of the molecule is O=C(C1CCCCC1)N1C(NCc2cc3c(cc2Cl)OCO3)CCC1c1ccccc1. The van der Waals surface area contributed by atoms with Gasteiger partial charge < -0.3 is 14.4 Å². The number of benzene rings is 2. The van der Waals surface area contributed by atoms with Crippen molar-refractivity contribution in [2.24, 2.45) is 5.92 Å². The molecule has 2 heterocycles. The van der Waals surface area contributed by atoms with Crippen LogP contribution in [0, 0.1) is 5.92 Å². The van der Waals surface area contributed by atoms with Crippen molar-refractivity contribution in [3.05, 3.63) is 58.6 Å². The Hall–Kier alpha value is -2.24. The van der Waals surface area contributed by atoms with Gasteiger partial charge in [0.05, 0.1) is 12.2 Å². The highest BCUT2D eigenvalue weighted by molar-refractivity contribution is 6.31. The molecule has 2 aromatic rings. The van der Waals surface area contributed by atoms with Crippen molar-refractivity contribution in [1.82, 2.24) is 10.2 Å². The van der Waals surface area contributed by atoms with Crippen LogP contribution >= 0.6 is 11.6 Å². The predicted octanol–water partition coefficient (Wildman–Crippen LogP) is 5.43. The zero-order valence-corrected chi connectivity index (χ0v) is 18.4. The van der Waals surface area contributed by atoms with Crippen LogP contribution in [0.3, 0.4) is 0 Å². The summed E-state index contributed by atoms with van der Waals surface area (Å²) in [5.74, 6) is 1.87. The quantitative estimate of drug-likeness (QED) is 0.673. The van der Waals surface area contributed by atoms with Crippen molar-refractivity contribution in [3.8, 4) is 11.5 Å². The fraction of sp³-hybridized carbons (Fsp3) is 0.480. The molecule has 2 atom stereocenters. The third-order valence-electron chi connectivity index (χ3n) is 6.85. The van der Waals surface area contributed by atoms with Crippen LogP contribution in [0.25, 0.3) is 0 Å². The first-order chi connectivity index (χ1) is 15.2. The van der Waals surface area contributed by atoms with Gasteiger partial charge in [-0.2, -0.15) is 0 Å². The molecule has 3 aliphatic rings. The first-order valence-corrected chi connectivity index (χ1v) is 11.8. The summed E-state index contributed by atoms with van der Waals surface area (Å²) >= 11 is 6.48. The van der Waals surface area contributed by atoms with E-state index < -0.39 is 0 Å². The first-order valence-electron chi connectivity index (χ1n) is 11.4. The number of nitrogens with one attached hydrogen (secondary N) is 1. The number of nitrogens with zero attached hydrogens (tertiary/aromatic N) is 1. The van der Waals surface area contributed by atoms with Crippen LogP contribution in [-0.4, -0.2) is 23.8 Å². The molecule has 1 saturated heterocycles. The van der Waals surface area contributed by atoms with Gasteiger partial charge in [-0.1, -0.05) is 61.2 Å². The minimum atomic E-state index is 0.00104. The fourth-order valence-electron chi connectivity index (χ4n) is 5.20. The summed E-state index contributed by atoms with van der Waals surface area (Å²) in [6.45, 7) is 0.809. The molecule has 1 aliphatic carbocycles. The van der Waals surface area contributed by atoms with E-state index in [-0.39, 0.29) is 24.9 Å². The fourth-order valence-corrected chi connectivity index (χ4v) is 5.42. The first kappa shape index (κ1) is 20.7. The van der Waals surface area contributed by atoms with Gasteiger partial charge in [0.25, 0.3) is 0 Å². The van der Waals surface area contributed by atoms with E-state index in [4.69, 9.17) is 21.1 Å². The lowest BCUT2D eigenvalue weighted by molar-refractivity contribution is -0.140. The van der Waals surface area contributed by atoms with Crippen LogP contribution in [0.15, 0.2) is 42.5 Å². The molecule has 2 aromatic carbocycles. The van der Waals surface area contributed by atoms with Gasteiger partial charge >= 0.3 is 0 Å². The van der Waals surface area contributed by atoms with Crippen LogP contribution in [-0.2, 0) is 11.3 Å². The molecule has 5 rings (SSSR count). The van der Waals surface area contributed by atoms with Gasteiger partial charge in [-0.25, -0.2) is 0 Å². The summed E-state index contributed by atoms with van der Waals surface area (Å²) in [6.07, 6.45) is 7.48. The minimum Gasteiger partial charge on any atom is -0.454 e. The van der Waals surface area contributed by atoms with Crippen LogP contribution in [0.1, 0.15) is 62.1 Å². The van der Waals surface area contributed by atoms with Crippen LogP contribution in [0.2, 0.25) is 5.02 Å². The van der Waals surface area contributed by atoms with Gasteiger partial charge in [0.15, 0.2) is 11.5 Å². The van der Waals surface area contributed by atoms with E-state index in [1.54, 1.807) is 0 Å². The molecule has 164 valence electrons. The van der Waals surface area contributed by atoms with E-state index in [0.29, 0.717) is 23.2 Å². The van der Waals surface area contributed by atoms with E-state index in [2.05, 4.69) is 34.5 Å². The number of carbonyl (C=O) groups excluding carboxylic acids is 1. The molecular formula is C25H29ClN2O3. The van der Waals surface area contributed by atoms with E-state index in [1.165, 1.54) is 12.0 Å². The van der Waals surface area contributed by atoms with Gasteiger partial charge in [-0.3, -0.25) is 10.1 Å². The highest BCUT2D eigenvalue weighted by Gasteiger charge is 2.40. The lowest BCUT2D eigenvalue weighted by Gasteiger charge is -2.35. The Balaban J connectivity index is 1.36. The van der Waals surface area contributed by atoms with E-state index in [1.807, 2.05) is 18.2 Å². The summed E-state index contributed by atoms with van der Waals surface area (Å²) in [5, 5.41) is 4.28. The number of amides is 1. The largest absolute Gasteiger partial charge is 0.454 e. The van der Waals surface area contributed by atoms with Crippen LogP contribution in [0.4, 0.5) is 0 Å². The van der Waals surface area contributed by atoms with Crippen molar-refractivity contribution >= 4 is 17.5 Å². The third-order valence-corrected chi connectivity index (χ3v) is 7.20. The van der Waals surface area contributed by atoms with Gasteiger partial charge in [-0.05, 0) is 42.9 Å². The Morgan fingerprint density at radius 3 is 2.52 bits per heavy atom. The van der Waals surface area contributed by atoms with E-state index in [0.717, 1.165) is 49.8 Å². The number of likely N-dealkylation sites (tertiary alicyclic amines) is 1. The molecule has 2 fully saturated rings. The summed E-state index contributed by atoms with van der Waals surface area (Å²) in [6, 6.07) is 14.3. The lowest BCUT2D eigenvalue weighted by atomic mass is 9.88. The van der Waals surface area contributed by atoms with Crippen molar-refractivity contribution in [3.63, 3.8) is 0 Å². The van der Waals surface area contributed by atoms with E-state index in [9.17, 15) is 4.79 Å². The molecule has 1 saturated carbocycles. The smallest absolute Gasteiger partial charge is 0.231 e. The molecule has 1 N–H and O–H groups in total. The monoisotopic (exact) mass is 440 g/mol. The number of ether oxygens (including phenoxy) is 2. The predicted molar refractivity (Wildman–Crippen MR) is 120 cm³/mol. The highest BCUT2D eigenvalue weighted by Crippen LogP contribution is 2.40. The lowest BCUT2D eigenvalue weighted by Crippen LogP contribution is -2.48. The number of halogens is 1. The topological polar surface area (TPSA) is 50.8 Å². The maximum Gasteiger partial charge on any atom is 0.231 e. The second-order valence-corrected chi connectivity index (χ2v) is 9.19. The molecule has 2 aliphatic heterocycles.